The van der Waals surface area contributed by atoms with Crippen molar-refractivity contribution in [3.05, 3.63) is 29.7 Å². The smallest absolute Gasteiger partial charge is 0.246 e. The predicted octanol–water partition coefficient (Wildman–Crippen LogP) is 2.83. The molecular formula is C14H19N5O. The first-order chi connectivity index (χ1) is 9.81. The number of aromatic nitrogens is 4. The summed E-state index contributed by atoms with van der Waals surface area (Å²) >= 11 is 0. The zero-order valence-electron chi connectivity index (χ0n) is 11.7. The monoisotopic (exact) mass is 273 g/mol. The number of anilines is 1. The molecule has 0 amide bonds. The van der Waals surface area contributed by atoms with Gasteiger partial charge in [0.1, 0.15) is 0 Å². The molecular weight excluding hydrogens is 254 g/mol. The van der Waals surface area contributed by atoms with Crippen LogP contribution >= 0.6 is 0 Å². The highest BCUT2D eigenvalue weighted by atomic mass is 16.5. The van der Waals surface area contributed by atoms with Crippen LogP contribution in [0.2, 0.25) is 0 Å². The van der Waals surface area contributed by atoms with Crippen molar-refractivity contribution >= 4 is 5.95 Å². The Balaban J connectivity index is 1.59. The lowest BCUT2D eigenvalue weighted by atomic mass is 9.89. The van der Waals surface area contributed by atoms with Gasteiger partial charge in [-0.2, -0.15) is 4.98 Å². The number of aryl methyl sites for hydroxylation is 1. The van der Waals surface area contributed by atoms with E-state index in [0.717, 1.165) is 11.5 Å². The minimum Gasteiger partial charge on any atom is -0.345 e. The van der Waals surface area contributed by atoms with Crippen LogP contribution in [-0.2, 0) is 6.54 Å². The molecule has 2 aromatic rings. The molecule has 2 heterocycles. The average Bonchev–Trinajstić information content (AvgIpc) is 2.95. The molecule has 0 unspecified atom stereocenters. The second-order valence-corrected chi connectivity index (χ2v) is 5.26. The Morgan fingerprint density at radius 3 is 2.90 bits per heavy atom. The van der Waals surface area contributed by atoms with Crippen molar-refractivity contribution in [2.75, 3.05) is 5.32 Å². The molecule has 1 aliphatic carbocycles. The van der Waals surface area contributed by atoms with E-state index < -0.39 is 0 Å². The van der Waals surface area contributed by atoms with Gasteiger partial charge in [0.2, 0.25) is 11.8 Å². The molecule has 0 saturated heterocycles. The van der Waals surface area contributed by atoms with E-state index in [9.17, 15) is 0 Å². The predicted molar refractivity (Wildman–Crippen MR) is 74.2 cm³/mol. The Labute approximate surface area is 118 Å². The van der Waals surface area contributed by atoms with Crippen molar-refractivity contribution in [1.29, 1.82) is 0 Å². The van der Waals surface area contributed by atoms with E-state index >= 15 is 0 Å². The first kappa shape index (κ1) is 13.0. The zero-order valence-corrected chi connectivity index (χ0v) is 11.7. The molecule has 0 aliphatic heterocycles. The van der Waals surface area contributed by atoms with E-state index in [1.807, 2.05) is 13.0 Å². The van der Waals surface area contributed by atoms with Crippen molar-refractivity contribution in [2.24, 2.45) is 0 Å². The summed E-state index contributed by atoms with van der Waals surface area (Å²) in [5.74, 6) is 2.50. The Hall–Kier alpha value is -1.98. The van der Waals surface area contributed by atoms with Crippen molar-refractivity contribution in [3.63, 3.8) is 0 Å². The second kappa shape index (κ2) is 5.98. The quantitative estimate of drug-likeness (QED) is 0.923. The first-order valence-corrected chi connectivity index (χ1v) is 7.17. The molecule has 1 fully saturated rings. The van der Waals surface area contributed by atoms with Crippen molar-refractivity contribution in [1.82, 2.24) is 20.1 Å². The molecule has 0 aromatic carbocycles. The van der Waals surface area contributed by atoms with Gasteiger partial charge in [0.25, 0.3) is 0 Å². The molecule has 6 nitrogen and oxygen atoms in total. The molecule has 0 spiro atoms. The maximum atomic E-state index is 5.29. The minimum atomic E-state index is 0.461. The van der Waals surface area contributed by atoms with Crippen LogP contribution < -0.4 is 5.32 Å². The molecule has 3 rings (SSSR count). The summed E-state index contributed by atoms with van der Waals surface area (Å²) in [5, 5.41) is 7.20. The maximum Gasteiger partial charge on any atom is 0.246 e. The van der Waals surface area contributed by atoms with Crippen LogP contribution in [0.15, 0.2) is 16.8 Å². The Morgan fingerprint density at radius 1 is 1.25 bits per heavy atom. The summed E-state index contributed by atoms with van der Waals surface area (Å²) < 4.78 is 5.29. The zero-order chi connectivity index (χ0) is 13.8. The third kappa shape index (κ3) is 3.12. The summed E-state index contributed by atoms with van der Waals surface area (Å²) in [7, 11) is 0. The molecule has 0 atom stereocenters. The van der Waals surface area contributed by atoms with E-state index in [1.54, 1.807) is 6.20 Å². The van der Waals surface area contributed by atoms with Gasteiger partial charge < -0.3 is 9.84 Å². The summed E-state index contributed by atoms with van der Waals surface area (Å²) in [4.78, 5) is 12.9. The first-order valence-electron chi connectivity index (χ1n) is 7.17. The molecule has 1 aliphatic rings. The lowest BCUT2D eigenvalue weighted by Gasteiger charge is -2.17. The third-order valence-electron chi connectivity index (χ3n) is 3.65. The van der Waals surface area contributed by atoms with Gasteiger partial charge in [-0.25, -0.2) is 9.97 Å². The molecule has 1 saturated carbocycles. The van der Waals surface area contributed by atoms with E-state index in [1.165, 1.54) is 32.1 Å². The highest BCUT2D eigenvalue weighted by Crippen LogP contribution is 2.30. The van der Waals surface area contributed by atoms with Gasteiger partial charge in [0, 0.05) is 17.8 Å². The standard InChI is InChI=1S/C14H19N5O/c1-10-7-8-15-14(17-10)16-9-12-18-13(19-20-12)11-5-3-2-4-6-11/h7-8,11H,2-6,9H2,1H3,(H,15,16,17). The van der Waals surface area contributed by atoms with Crippen molar-refractivity contribution < 1.29 is 4.52 Å². The topological polar surface area (TPSA) is 76.7 Å². The van der Waals surface area contributed by atoms with Crippen molar-refractivity contribution in [2.45, 2.75) is 51.5 Å². The molecule has 1 N–H and O–H groups in total. The lowest BCUT2D eigenvalue weighted by Crippen LogP contribution is -2.07. The van der Waals surface area contributed by atoms with Gasteiger partial charge in [-0.15, -0.1) is 0 Å². The molecule has 6 heteroatoms. The number of rotatable bonds is 4. The second-order valence-electron chi connectivity index (χ2n) is 5.26. The van der Waals surface area contributed by atoms with Crippen molar-refractivity contribution in [3.8, 4) is 0 Å². The summed E-state index contributed by atoms with van der Waals surface area (Å²) in [6.07, 6.45) is 7.94. The highest BCUT2D eigenvalue weighted by Gasteiger charge is 2.20. The molecule has 106 valence electrons. The number of nitrogens with one attached hydrogen (secondary N) is 1. The van der Waals surface area contributed by atoms with E-state index in [0.29, 0.717) is 24.3 Å². The Kier molecular flexibility index (Phi) is 3.90. The molecule has 0 radical (unpaired) electrons. The van der Waals surface area contributed by atoms with E-state index in [4.69, 9.17) is 4.52 Å². The van der Waals surface area contributed by atoms with Crippen LogP contribution in [0.4, 0.5) is 5.95 Å². The summed E-state index contributed by atoms with van der Waals surface area (Å²) in [5.41, 5.74) is 0.927. The van der Waals surface area contributed by atoms with Crippen LogP contribution in [0.5, 0.6) is 0 Å². The van der Waals surface area contributed by atoms with Gasteiger partial charge in [0.15, 0.2) is 5.82 Å². The molecule has 0 bridgehead atoms. The lowest BCUT2D eigenvalue weighted by molar-refractivity contribution is 0.361. The number of hydrogen-bond acceptors (Lipinski definition) is 6. The number of hydrogen-bond donors (Lipinski definition) is 1. The fraction of sp³-hybridized carbons (Fsp3) is 0.571. The van der Waals surface area contributed by atoms with Crippen LogP contribution in [0.3, 0.4) is 0 Å². The largest absolute Gasteiger partial charge is 0.345 e. The highest BCUT2D eigenvalue weighted by molar-refractivity contribution is 5.24. The minimum absolute atomic E-state index is 0.461. The SMILES string of the molecule is Cc1ccnc(NCc2nc(C3CCCCC3)no2)n1. The summed E-state index contributed by atoms with van der Waals surface area (Å²) in [6, 6.07) is 1.86. The van der Waals surface area contributed by atoms with Crippen LogP contribution in [-0.4, -0.2) is 20.1 Å². The molecule has 20 heavy (non-hydrogen) atoms. The Bertz CT molecular complexity index is 562. The number of nitrogens with zero attached hydrogens (tertiary/aromatic N) is 4. The van der Waals surface area contributed by atoms with Gasteiger partial charge in [-0.1, -0.05) is 24.4 Å². The van der Waals surface area contributed by atoms with Crippen LogP contribution in [0, 0.1) is 6.92 Å². The van der Waals surface area contributed by atoms with Gasteiger partial charge in [0.05, 0.1) is 6.54 Å². The van der Waals surface area contributed by atoms with Gasteiger partial charge in [-0.05, 0) is 25.8 Å². The van der Waals surface area contributed by atoms with Gasteiger partial charge >= 0.3 is 0 Å². The summed E-state index contributed by atoms with van der Waals surface area (Å²) in [6.45, 7) is 2.39. The third-order valence-corrected chi connectivity index (χ3v) is 3.65. The Morgan fingerprint density at radius 2 is 2.10 bits per heavy atom. The van der Waals surface area contributed by atoms with E-state index in [2.05, 4.69) is 25.4 Å². The average molecular weight is 273 g/mol. The van der Waals surface area contributed by atoms with Gasteiger partial charge in [-0.3, -0.25) is 0 Å². The molecule has 2 aromatic heterocycles. The maximum absolute atomic E-state index is 5.29. The fourth-order valence-electron chi connectivity index (χ4n) is 2.56. The normalized spacial score (nSPS) is 16.2. The van der Waals surface area contributed by atoms with Crippen LogP contribution in [0.1, 0.15) is 55.4 Å². The van der Waals surface area contributed by atoms with Crippen LogP contribution in [0.25, 0.3) is 0 Å². The fourth-order valence-corrected chi connectivity index (χ4v) is 2.56. The van der Waals surface area contributed by atoms with E-state index in [-0.39, 0.29) is 0 Å².